The van der Waals surface area contributed by atoms with E-state index in [0.29, 0.717) is 19.6 Å². The molecule has 4 heteroatoms. The number of nitrogens with two attached hydrogens (primary N) is 1. The van der Waals surface area contributed by atoms with Crippen molar-refractivity contribution in [2.24, 2.45) is 5.73 Å². The molecule has 1 fully saturated rings. The van der Waals surface area contributed by atoms with Gasteiger partial charge in [-0.25, -0.2) is 4.39 Å². The lowest BCUT2D eigenvalue weighted by Crippen LogP contribution is -2.19. The van der Waals surface area contributed by atoms with Gasteiger partial charge in [0.05, 0.1) is 13.2 Å². The van der Waals surface area contributed by atoms with Crippen molar-refractivity contribution in [1.29, 1.82) is 0 Å². The summed E-state index contributed by atoms with van der Waals surface area (Å²) in [5, 5.41) is 0. The van der Waals surface area contributed by atoms with Gasteiger partial charge in [-0.05, 0) is 30.2 Å². The lowest BCUT2D eigenvalue weighted by molar-refractivity contribution is -0.0507. The summed E-state index contributed by atoms with van der Waals surface area (Å²) in [6.45, 7) is 3.07. The van der Waals surface area contributed by atoms with Crippen LogP contribution >= 0.6 is 0 Å². The SMILES string of the molecule is Cc1cc(F)cc(C(N)CC2OCCO2)c1. The number of rotatable bonds is 3. The molecule has 0 amide bonds. The second-order valence-electron chi connectivity index (χ2n) is 4.08. The summed E-state index contributed by atoms with van der Waals surface area (Å²) in [6.07, 6.45) is 0.307. The zero-order valence-corrected chi connectivity index (χ0v) is 9.28. The minimum Gasteiger partial charge on any atom is -0.350 e. The summed E-state index contributed by atoms with van der Waals surface area (Å²) in [7, 11) is 0. The standard InChI is InChI=1S/C12H16FNO2/c1-8-4-9(6-10(13)5-8)11(14)7-12-15-2-3-16-12/h4-6,11-12H,2-3,7,14H2,1H3. The van der Waals surface area contributed by atoms with E-state index in [9.17, 15) is 4.39 Å². The number of ether oxygens (including phenoxy) is 2. The third kappa shape index (κ3) is 2.78. The Labute approximate surface area is 94.3 Å². The van der Waals surface area contributed by atoms with Crippen LogP contribution in [0.15, 0.2) is 18.2 Å². The van der Waals surface area contributed by atoms with Gasteiger partial charge in [-0.2, -0.15) is 0 Å². The van der Waals surface area contributed by atoms with Gasteiger partial charge in [0, 0.05) is 12.5 Å². The van der Waals surface area contributed by atoms with Crippen molar-refractivity contribution >= 4 is 0 Å². The van der Waals surface area contributed by atoms with Gasteiger partial charge in [0.25, 0.3) is 0 Å². The summed E-state index contributed by atoms with van der Waals surface area (Å²) in [6, 6.07) is 4.59. The van der Waals surface area contributed by atoms with Crippen molar-refractivity contribution < 1.29 is 13.9 Å². The molecule has 0 aromatic heterocycles. The van der Waals surface area contributed by atoms with E-state index in [1.54, 1.807) is 0 Å². The smallest absolute Gasteiger partial charge is 0.159 e. The first-order valence-electron chi connectivity index (χ1n) is 5.41. The van der Waals surface area contributed by atoms with Gasteiger partial charge in [0.2, 0.25) is 0 Å². The van der Waals surface area contributed by atoms with Gasteiger partial charge in [-0.15, -0.1) is 0 Å². The molecule has 2 N–H and O–H groups in total. The van der Waals surface area contributed by atoms with Crippen LogP contribution in [0.25, 0.3) is 0 Å². The van der Waals surface area contributed by atoms with E-state index >= 15 is 0 Å². The molecule has 0 aliphatic carbocycles. The van der Waals surface area contributed by atoms with Crippen LogP contribution < -0.4 is 5.73 Å². The number of hydrogen-bond donors (Lipinski definition) is 1. The first kappa shape index (κ1) is 11.5. The molecule has 2 rings (SSSR count). The van der Waals surface area contributed by atoms with E-state index in [1.807, 2.05) is 13.0 Å². The average Bonchev–Trinajstić information content (AvgIpc) is 2.68. The Morgan fingerprint density at radius 3 is 2.69 bits per heavy atom. The molecule has 1 saturated heterocycles. The number of benzene rings is 1. The minimum atomic E-state index is -0.252. The van der Waals surface area contributed by atoms with Crippen LogP contribution in [0.4, 0.5) is 4.39 Å². The topological polar surface area (TPSA) is 44.5 Å². The van der Waals surface area contributed by atoms with Crippen molar-refractivity contribution in [2.75, 3.05) is 13.2 Å². The van der Waals surface area contributed by atoms with E-state index < -0.39 is 0 Å². The van der Waals surface area contributed by atoms with Crippen molar-refractivity contribution in [3.05, 3.63) is 35.1 Å². The van der Waals surface area contributed by atoms with E-state index in [1.165, 1.54) is 12.1 Å². The van der Waals surface area contributed by atoms with E-state index in [2.05, 4.69) is 0 Å². The molecule has 1 atom stereocenters. The Hall–Kier alpha value is -0.970. The summed E-state index contributed by atoms with van der Waals surface area (Å²) < 4.78 is 23.8. The maximum atomic E-state index is 13.2. The summed E-state index contributed by atoms with van der Waals surface area (Å²) >= 11 is 0. The minimum absolute atomic E-state index is 0.251. The molecule has 0 bridgehead atoms. The number of hydrogen-bond acceptors (Lipinski definition) is 3. The lowest BCUT2D eigenvalue weighted by Gasteiger charge is -2.16. The zero-order chi connectivity index (χ0) is 11.5. The lowest BCUT2D eigenvalue weighted by atomic mass is 10.0. The second-order valence-corrected chi connectivity index (χ2v) is 4.08. The molecule has 1 aliphatic rings. The fraction of sp³-hybridized carbons (Fsp3) is 0.500. The molecular weight excluding hydrogens is 209 g/mol. The van der Waals surface area contributed by atoms with Crippen molar-refractivity contribution in [1.82, 2.24) is 0 Å². The normalized spacial score (nSPS) is 18.9. The average molecular weight is 225 g/mol. The molecule has 0 radical (unpaired) electrons. The van der Waals surface area contributed by atoms with Crippen LogP contribution in [0.3, 0.4) is 0 Å². The predicted molar refractivity (Wildman–Crippen MR) is 58.4 cm³/mol. The van der Waals surface area contributed by atoms with Crippen molar-refractivity contribution in [3.63, 3.8) is 0 Å². The van der Waals surface area contributed by atoms with Crippen molar-refractivity contribution in [2.45, 2.75) is 25.7 Å². The molecule has 1 aromatic rings. The van der Waals surface area contributed by atoms with Gasteiger partial charge in [-0.3, -0.25) is 0 Å². The first-order valence-corrected chi connectivity index (χ1v) is 5.41. The Bertz CT molecular complexity index is 344. The highest BCUT2D eigenvalue weighted by Crippen LogP contribution is 2.21. The second kappa shape index (κ2) is 4.91. The molecule has 1 aromatic carbocycles. The zero-order valence-electron chi connectivity index (χ0n) is 9.28. The van der Waals surface area contributed by atoms with Crippen LogP contribution in [-0.2, 0) is 9.47 Å². The van der Waals surface area contributed by atoms with Crippen LogP contribution in [0.1, 0.15) is 23.6 Å². The maximum Gasteiger partial charge on any atom is 0.159 e. The van der Waals surface area contributed by atoms with Crippen LogP contribution in [-0.4, -0.2) is 19.5 Å². The fourth-order valence-corrected chi connectivity index (χ4v) is 1.87. The maximum absolute atomic E-state index is 13.2. The predicted octanol–water partition coefficient (Wildman–Crippen LogP) is 1.90. The highest BCUT2D eigenvalue weighted by atomic mass is 19.1. The third-order valence-electron chi connectivity index (χ3n) is 2.63. The molecule has 3 nitrogen and oxygen atoms in total. The number of halogens is 1. The highest BCUT2D eigenvalue weighted by molar-refractivity contribution is 5.26. The Morgan fingerprint density at radius 1 is 1.38 bits per heavy atom. The molecule has 1 unspecified atom stereocenters. The van der Waals surface area contributed by atoms with Gasteiger partial charge >= 0.3 is 0 Å². The molecule has 0 saturated carbocycles. The Kier molecular flexibility index (Phi) is 3.53. The van der Waals surface area contributed by atoms with E-state index in [0.717, 1.165) is 11.1 Å². The molecule has 0 spiro atoms. The van der Waals surface area contributed by atoms with Crippen molar-refractivity contribution in [3.8, 4) is 0 Å². The van der Waals surface area contributed by atoms with Crippen LogP contribution in [0.5, 0.6) is 0 Å². The molecule has 16 heavy (non-hydrogen) atoms. The van der Waals surface area contributed by atoms with Gasteiger partial charge < -0.3 is 15.2 Å². The Morgan fingerprint density at radius 2 is 2.06 bits per heavy atom. The summed E-state index contributed by atoms with van der Waals surface area (Å²) in [4.78, 5) is 0. The Balaban J connectivity index is 2.04. The third-order valence-corrected chi connectivity index (χ3v) is 2.63. The fourth-order valence-electron chi connectivity index (χ4n) is 1.87. The van der Waals surface area contributed by atoms with E-state index in [4.69, 9.17) is 15.2 Å². The number of aryl methyl sites for hydroxylation is 1. The monoisotopic (exact) mass is 225 g/mol. The summed E-state index contributed by atoms with van der Waals surface area (Å²) in [5.74, 6) is -0.251. The molecule has 1 heterocycles. The van der Waals surface area contributed by atoms with Gasteiger partial charge in [0.15, 0.2) is 6.29 Å². The first-order chi connectivity index (χ1) is 7.65. The molecule has 88 valence electrons. The van der Waals surface area contributed by atoms with Gasteiger partial charge in [-0.1, -0.05) is 6.07 Å². The summed E-state index contributed by atoms with van der Waals surface area (Å²) in [5.41, 5.74) is 7.65. The van der Waals surface area contributed by atoms with Crippen LogP contribution in [0, 0.1) is 12.7 Å². The highest BCUT2D eigenvalue weighted by Gasteiger charge is 2.20. The van der Waals surface area contributed by atoms with Gasteiger partial charge in [0.1, 0.15) is 5.82 Å². The van der Waals surface area contributed by atoms with E-state index in [-0.39, 0.29) is 18.1 Å². The van der Waals surface area contributed by atoms with Crippen LogP contribution in [0.2, 0.25) is 0 Å². The quantitative estimate of drug-likeness (QED) is 0.854. The molecule has 1 aliphatic heterocycles. The largest absolute Gasteiger partial charge is 0.350 e. The molecular formula is C12H16FNO2.